The average molecular weight is 196 g/mol. The van der Waals surface area contributed by atoms with Gasteiger partial charge in [-0.25, -0.2) is 10.4 Å². The average Bonchev–Trinajstić information content (AvgIpc) is 2.65. The fraction of sp³-hybridized carbons (Fsp3) is 0.556. The van der Waals surface area contributed by atoms with Gasteiger partial charge in [-0.15, -0.1) is 0 Å². The van der Waals surface area contributed by atoms with Crippen molar-refractivity contribution in [3.8, 4) is 0 Å². The number of nitrogens with two attached hydrogens (primary N) is 1. The van der Waals surface area contributed by atoms with Gasteiger partial charge in [0, 0.05) is 18.3 Å². The molecule has 0 fully saturated rings. The molecule has 0 radical (unpaired) electrons. The van der Waals surface area contributed by atoms with Gasteiger partial charge in [-0.1, -0.05) is 6.92 Å². The number of H-pyrrole nitrogens is 1. The number of hydrogen-bond acceptors (Lipinski definition) is 4. The number of hydrogen-bond donors (Lipinski definition) is 3. The maximum absolute atomic E-state index is 11.1. The van der Waals surface area contributed by atoms with Crippen LogP contribution in [-0.4, -0.2) is 21.8 Å². The Morgan fingerprint density at radius 3 is 2.93 bits per heavy atom. The molecule has 2 unspecified atom stereocenters. The van der Waals surface area contributed by atoms with E-state index in [0.717, 1.165) is 5.82 Å². The molecule has 1 aromatic rings. The second-order valence-corrected chi connectivity index (χ2v) is 3.44. The Kier molecular flexibility index (Phi) is 3.79. The Balaban J connectivity index is 2.55. The topological polar surface area (TPSA) is 83.8 Å². The lowest BCUT2D eigenvalue weighted by Gasteiger charge is -2.16. The van der Waals surface area contributed by atoms with E-state index >= 15 is 0 Å². The molecule has 0 amide bonds. The Morgan fingerprint density at radius 1 is 1.79 bits per heavy atom. The molecule has 1 aromatic heterocycles. The van der Waals surface area contributed by atoms with Crippen molar-refractivity contribution in [3.63, 3.8) is 0 Å². The van der Waals surface area contributed by atoms with Gasteiger partial charge in [0.1, 0.15) is 11.6 Å². The van der Waals surface area contributed by atoms with E-state index in [2.05, 4.69) is 15.4 Å². The van der Waals surface area contributed by atoms with Gasteiger partial charge in [-0.3, -0.25) is 10.6 Å². The van der Waals surface area contributed by atoms with Crippen LogP contribution >= 0.6 is 0 Å². The molecule has 0 spiro atoms. The number of Topliss-reactive ketones (excluding diaryl/α,β-unsaturated/α-hetero) is 1. The number of imidazole rings is 1. The van der Waals surface area contributed by atoms with E-state index in [1.165, 1.54) is 6.92 Å². The number of aromatic nitrogens is 2. The molecule has 0 aliphatic rings. The van der Waals surface area contributed by atoms with Crippen molar-refractivity contribution in [1.82, 2.24) is 15.4 Å². The summed E-state index contributed by atoms with van der Waals surface area (Å²) < 4.78 is 0. The van der Waals surface area contributed by atoms with Crippen molar-refractivity contribution in [2.75, 3.05) is 0 Å². The van der Waals surface area contributed by atoms with E-state index in [1.54, 1.807) is 12.4 Å². The van der Waals surface area contributed by atoms with Crippen LogP contribution < -0.4 is 11.3 Å². The standard InChI is InChI=1S/C9H16N4O/c1-6(9-11-3-4-12-9)5-8(13-10)7(2)14/h3-4,6,8,13H,5,10H2,1-2H3,(H,11,12). The van der Waals surface area contributed by atoms with Crippen LogP contribution in [0.15, 0.2) is 12.4 Å². The van der Waals surface area contributed by atoms with Gasteiger partial charge in [-0.2, -0.15) is 0 Å². The molecule has 1 rings (SSSR count). The van der Waals surface area contributed by atoms with Crippen molar-refractivity contribution in [3.05, 3.63) is 18.2 Å². The van der Waals surface area contributed by atoms with Gasteiger partial charge in [0.25, 0.3) is 0 Å². The lowest BCUT2D eigenvalue weighted by Crippen LogP contribution is -2.41. The van der Waals surface area contributed by atoms with E-state index in [0.29, 0.717) is 6.42 Å². The summed E-state index contributed by atoms with van der Waals surface area (Å²) in [6.07, 6.45) is 4.12. The molecule has 0 aliphatic carbocycles. The molecule has 0 saturated carbocycles. The van der Waals surface area contributed by atoms with Gasteiger partial charge in [-0.05, 0) is 13.3 Å². The zero-order valence-electron chi connectivity index (χ0n) is 8.45. The zero-order chi connectivity index (χ0) is 10.6. The molecule has 78 valence electrons. The summed E-state index contributed by atoms with van der Waals surface area (Å²) in [6.45, 7) is 3.53. The normalized spacial score (nSPS) is 15.1. The fourth-order valence-corrected chi connectivity index (χ4v) is 1.36. The Morgan fingerprint density at radius 2 is 2.50 bits per heavy atom. The van der Waals surface area contributed by atoms with Gasteiger partial charge in [0.2, 0.25) is 0 Å². The Labute approximate surface area is 83.1 Å². The maximum atomic E-state index is 11.1. The third kappa shape index (κ3) is 2.65. The minimum absolute atomic E-state index is 0.0471. The highest BCUT2D eigenvalue weighted by molar-refractivity contribution is 5.81. The first-order chi connectivity index (χ1) is 6.65. The van der Waals surface area contributed by atoms with E-state index in [4.69, 9.17) is 5.84 Å². The molecule has 2 atom stereocenters. The Bertz CT molecular complexity index is 283. The molecule has 14 heavy (non-hydrogen) atoms. The molecular weight excluding hydrogens is 180 g/mol. The maximum Gasteiger partial charge on any atom is 0.148 e. The van der Waals surface area contributed by atoms with Gasteiger partial charge >= 0.3 is 0 Å². The minimum atomic E-state index is -0.296. The van der Waals surface area contributed by atoms with Crippen LogP contribution in [-0.2, 0) is 4.79 Å². The smallest absolute Gasteiger partial charge is 0.148 e. The van der Waals surface area contributed by atoms with Crippen LogP contribution in [0.5, 0.6) is 0 Å². The van der Waals surface area contributed by atoms with Crippen LogP contribution in [0.1, 0.15) is 32.0 Å². The highest BCUT2D eigenvalue weighted by Gasteiger charge is 2.18. The van der Waals surface area contributed by atoms with Crippen molar-refractivity contribution < 1.29 is 4.79 Å². The van der Waals surface area contributed by atoms with Crippen molar-refractivity contribution in [2.24, 2.45) is 5.84 Å². The molecule has 0 aliphatic heterocycles. The van der Waals surface area contributed by atoms with Crippen molar-refractivity contribution in [2.45, 2.75) is 32.2 Å². The molecule has 4 N–H and O–H groups in total. The quantitative estimate of drug-likeness (QED) is 0.468. The molecule has 0 aromatic carbocycles. The molecule has 0 bridgehead atoms. The molecule has 5 nitrogen and oxygen atoms in total. The third-order valence-electron chi connectivity index (χ3n) is 2.27. The van der Waals surface area contributed by atoms with Gasteiger partial charge in [0.05, 0.1) is 6.04 Å². The first kappa shape index (κ1) is 10.9. The van der Waals surface area contributed by atoms with E-state index in [1.807, 2.05) is 6.92 Å². The van der Waals surface area contributed by atoms with Gasteiger partial charge < -0.3 is 4.98 Å². The molecule has 0 saturated heterocycles. The van der Waals surface area contributed by atoms with Crippen molar-refractivity contribution >= 4 is 5.78 Å². The second-order valence-electron chi connectivity index (χ2n) is 3.44. The summed E-state index contributed by atoms with van der Waals surface area (Å²) in [5.74, 6) is 6.39. The second kappa shape index (κ2) is 4.88. The number of carbonyl (C=O) groups excluding carboxylic acids is 1. The Hall–Kier alpha value is -1.20. The minimum Gasteiger partial charge on any atom is -0.348 e. The summed E-state index contributed by atoms with van der Waals surface area (Å²) in [5, 5.41) is 0. The number of ketones is 1. The molecule has 1 heterocycles. The first-order valence-corrected chi connectivity index (χ1v) is 4.61. The monoisotopic (exact) mass is 196 g/mol. The largest absolute Gasteiger partial charge is 0.348 e. The summed E-state index contributed by atoms with van der Waals surface area (Å²) in [7, 11) is 0. The van der Waals surface area contributed by atoms with Gasteiger partial charge in [0.15, 0.2) is 0 Å². The van der Waals surface area contributed by atoms with Crippen LogP contribution in [0.3, 0.4) is 0 Å². The van der Waals surface area contributed by atoms with E-state index in [-0.39, 0.29) is 17.7 Å². The summed E-state index contributed by atoms with van der Waals surface area (Å²) in [5.41, 5.74) is 2.50. The van der Waals surface area contributed by atoms with Crippen LogP contribution in [0.4, 0.5) is 0 Å². The highest BCUT2D eigenvalue weighted by Crippen LogP contribution is 2.16. The summed E-state index contributed by atoms with van der Waals surface area (Å²) in [4.78, 5) is 18.2. The van der Waals surface area contributed by atoms with Crippen LogP contribution in [0.2, 0.25) is 0 Å². The molecular formula is C9H16N4O. The predicted octanol–water partition coefficient (Wildman–Crippen LogP) is 0.324. The van der Waals surface area contributed by atoms with E-state index < -0.39 is 0 Å². The predicted molar refractivity (Wildman–Crippen MR) is 53.4 cm³/mol. The highest BCUT2D eigenvalue weighted by atomic mass is 16.1. The summed E-state index contributed by atoms with van der Waals surface area (Å²) >= 11 is 0. The first-order valence-electron chi connectivity index (χ1n) is 4.61. The molecule has 5 heteroatoms. The number of nitrogens with one attached hydrogen (secondary N) is 2. The number of nitrogens with zero attached hydrogens (tertiary/aromatic N) is 1. The SMILES string of the molecule is CC(=O)C(CC(C)c1ncc[nH]1)NN. The zero-order valence-corrected chi connectivity index (χ0v) is 8.45. The fourth-order valence-electron chi connectivity index (χ4n) is 1.36. The lowest BCUT2D eigenvalue weighted by atomic mass is 9.99. The number of aromatic amines is 1. The lowest BCUT2D eigenvalue weighted by molar-refractivity contribution is -0.119. The number of carbonyl (C=O) groups is 1. The van der Waals surface area contributed by atoms with E-state index in [9.17, 15) is 4.79 Å². The van der Waals surface area contributed by atoms with Crippen LogP contribution in [0, 0.1) is 0 Å². The van der Waals surface area contributed by atoms with Crippen LogP contribution in [0.25, 0.3) is 0 Å². The number of rotatable bonds is 5. The number of hydrazine groups is 1. The third-order valence-corrected chi connectivity index (χ3v) is 2.27. The van der Waals surface area contributed by atoms with Crippen molar-refractivity contribution in [1.29, 1.82) is 0 Å². The summed E-state index contributed by atoms with van der Waals surface area (Å²) in [6, 6.07) is -0.296.